The molecule has 0 aliphatic carbocycles. The van der Waals surface area contributed by atoms with Gasteiger partial charge in [0.1, 0.15) is 17.7 Å². The lowest BCUT2D eigenvalue weighted by atomic mass is 9.93. The second-order valence-electron chi connectivity index (χ2n) is 9.18. The van der Waals surface area contributed by atoms with Crippen LogP contribution >= 0.6 is 0 Å². The summed E-state index contributed by atoms with van der Waals surface area (Å²) in [5.74, 6) is -0.723. The average molecular weight is 438 g/mol. The van der Waals surface area contributed by atoms with Crippen LogP contribution in [-0.2, 0) is 27.3 Å². The summed E-state index contributed by atoms with van der Waals surface area (Å²) < 4.78 is 5.54. The standard InChI is InChI=1S/C25H31N3O4/c1-16-10-12-20(13-11-16)27-22(29)17(2)26-23(30)21-14-18-8-6-7-9-19(18)15-28(21)24(31)32-25(3,4)5/h6-13,17,21H,14-15H2,1-5H3,(H,26,30)(H,27,29). The number of nitrogens with zero attached hydrogens (tertiary/aromatic N) is 1. The van der Waals surface area contributed by atoms with Crippen LogP contribution in [0.2, 0.25) is 0 Å². The van der Waals surface area contributed by atoms with Gasteiger partial charge in [-0.15, -0.1) is 0 Å². The van der Waals surface area contributed by atoms with E-state index in [1.54, 1.807) is 27.7 Å². The van der Waals surface area contributed by atoms with Gasteiger partial charge < -0.3 is 15.4 Å². The van der Waals surface area contributed by atoms with E-state index < -0.39 is 29.7 Å². The molecule has 2 N–H and O–H groups in total. The molecule has 0 bridgehead atoms. The molecule has 1 aliphatic heterocycles. The summed E-state index contributed by atoms with van der Waals surface area (Å²) in [5, 5.41) is 5.56. The topological polar surface area (TPSA) is 87.7 Å². The number of benzene rings is 2. The third kappa shape index (κ3) is 5.87. The summed E-state index contributed by atoms with van der Waals surface area (Å²) in [6, 6.07) is 13.6. The van der Waals surface area contributed by atoms with Crippen molar-refractivity contribution in [1.29, 1.82) is 0 Å². The van der Waals surface area contributed by atoms with Crippen LogP contribution in [0.5, 0.6) is 0 Å². The van der Waals surface area contributed by atoms with Crippen molar-refractivity contribution >= 4 is 23.6 Å². The van der Waals surface area contributed by atoms with Gasteiger partial charge in [0.25, 0.3) is 0 Å². The Morgan fingerprint density at radius 1 is 1.03 bits per heavy atom. The highest BCUT2D eigenvalue weighted by Crippen LogP contribution is 2.25. The van der Waals surface area contributed by atoms with Gasteiger partial charge in [0.2, 0.25) is 11.8 Å². The summed E-state index contributed by atoms with van der Waals surface area (Å²) in [6.07, 6.45) is -0.197. The molecule has 2 unspecified atom stereocenters. The van der Waals surface area contributed by atoms with E-state index in [9.17, 15) is 14.4 Å². The number of anilines is 1. The maximum absolute atomic E-state index is 13.2. The smallest absolute Gasteiger partial charge is 0.411 e. The molecule has 32 heavy (non-hydrogen) atoms. The van der Waals surface area contributed by atoms with Gasteiger partial charge in [-0.2, -0.15) is 0 Å². The Bertz CT molecular complexity index is 995. The highest BCUT2D eigenvalue weighted by molar-refractivity contribution is 5.98. The predicted molar refractivity (Wildman–Crippen MR) is 123 cm³/mol. The molecular formula is C25H31N3O4. The van der Waals surface area contributed by atoms with E-state index in [1.807, 2.05) is 55.5 Å². The number of carbonyl (C=O) groups is 3. The molecule has 0 saturated heterocycles. The number of rotatable bonds is 4. The van der Waals surface area contributed by atoms with Crippen LogP contribution in [0, 0.1) is 6.92 Å². The summed E-state index contributed by atoms with van der Waals surface area (Å²) in [6.45, 7) is 9.22. The van der Waals surface area contributed by atoms with Crippen molar-refractivity contribution in [2.45, 2.75) is 65.3 Å². The molecule has 1 aliphatic rings. The second-order valence-corrected chi connectivity index (χ2v) is 9.18. The lowest BCUT2D eigenvalue weighted by Crippen LogP contribution is -2.56. The monoisotopic (exact) mass is 437 g/mol. The van der Waals surface area contributed by atoms with Crippen molar-refractivity contribution in [3.63, 3.8) is 0 Å². The Labute approximate surface area is 189 Å². The molecule has 2 aromatic carbocycles. The first-order chi connectivity index (χ1) is 15.0. The second kappa shape index (κ2) is 9.42. The van der Waals surface area contributed by atoms with Crippen molar-refractivity contribution in [2.75, 3.05) is 5.32 Å². The fourth-order valence-electron chi connectivity index (χ4n) is 3.53. The summed E-state index contributed by atoms with van der Waals surface area (Å²) in [7, 11) is 0. The molecule has 0 radical (unpaired) electrons. The van der Waals surface area contributed by atoms with E-state index in [4.69, 9.17) is 4.74 Å². The van der Waals surface area contributed by atoms with Gasteiger partial charge in [-0.05, 0) is 57.9 Å². The SMILES string of the molecule is Cc1ccc(NC(=O)C(C)NC(=O)C2Cc3ccccc3CN2C(=O)OC(C)(C)C)cc1. The Hall–Kier alpha value is -3.35. The predicted octanol–water partition coefficient (Wildman–Crippen LogP) is 3.80. The van der Waals surface area contributed by atoms with Crippen molar-refractivity contribution in [3.8, 4) is 0 Å². The minimum Gasteiger partial charge on any atom is -0.444 e. The third-order valence-electron chi connectivity index (χ3n) is 5.25. The van der Waals surface area contributed by atoms with E-state index in [0.717, 1.165) is 16.7 Å². The first kappa shape index (κ1) is 23.3. The first-order valence-corrected chi connectivity index (χ1v) is 10.8. The maximum atomic E-state index is 13.2. The van der Waals surface area contributed by atoms with E-state index in [1.165, 1.54) is 4.90 Å². The molecular weight excluding hydrogens is 406 g/mol. The fourth-order valence-corrected chi connectivity index (χ4v) is 3.53. The van der Waals surface area contributed by atoms with Crippen LogP contribution in [0.3, 0.4) is 0 Å². The Morgan fingerprint density at radius 2 is 1.66 bits per heavy atom. The lowest BCUT2D eigenvalue weighted by molar-refractivity contribution is -0.130. The molecule has 0 fully saturated rings. The molecule has 3 amide bonds. The minimum absolute atomic E-state index is 0.271. The molecule has 2 atom stereocenters. The highest BCUT2D eigenvalue weighted by Gasteiger charge is 2.37. The zero-order valence-corrected chi connectivity index (χ0v) is 19.3. The Morgan fingerprint density at radius 3 is 2.28 bits per heavy atom. The van der Waals surface area contributed by atoms with E-state index in [0.29, 0.717) is 12.1 Å². The summed E-state index contributed by atoms with van der Waals surface area (Å²) in [4.78, 5) is 40.1. The zero-order chi connectivity index (χ0) is 23.5. The number of aryl methyl sites for hydroxylation is 1. The van der Waals surface area contributed by atoms with Crippen molar-refractivity contribution < 1.29 is 19.1 Å². The number of ether oxygens (including phenoxy) is 1. The molecule has 7 heteroatoms. The average Bonchev–Trinajstić information content (AvgIpc) is 2.73. The minimum atomic E-state index is -0.776. The Kier molecular flexibility index (Phi) is 6.87. The first-order valence-electron chi connectivity index (χ1n) is 10.8. The molecule has 3 rings (SSSR count). The molecule has 7 nitrogen and oxygen atoms in total. The van der Waals surface area contributed by atoms with Crippen molar-refractivity contribution in [1.82, 2.24) is 10.2 Å². The van der Waals surface area contributed by atoms with E-state index >= 15 is 0 Å². The van der Waals surface area contributed by atoms with Gasteiger partial charge in [-0.3, -0.25) is 14.5 Å². The van der Waals surface area contributed by atoms with Gasteiger partial charge in [-0.1, -0.05) is 42.0 Å². The van der Waals surface area contributed by atoms with Gasteiger partial charge in [0.05, 0.1) is 6.54 Å². The van der Waals surface area contributed by atoms with Crippen LogP contribution in [0.25, 0.3) is 0 Å². The van der Waals surface area contributed by atoms with E-state index in [-0.39, 0.29) is 12.5 Å². The maximum Gasteiger partial charge on any atom is 0.411 e. The number of hydrogen-bond acceptors (Lipinski definition) is 4. The largest absolute Gasteiger partial charge is 0.444 e. The van der Waals surface area contributed by atoms with Crippen LogP contribution in [-0.4, -0.2) is 40.5 Å². The summed E-state index contributed by atoms with van der Waals surface area (Å²) in [5.41, 5.74) is 3.04. The number of nitrogens with one attached hydrogen (secondary N) is 2. The third-order valence-corrected chi connectivity index (χ3v) is 5.25. The number of fused-ring (bicyclic) bond motifs is 1. The number of amides is 3. The molecule has 0 spiro atoms. The molecule has 2 aromatic rings. The molecule has 170 valence electrons. The van der Waals surface area contributed by atoms with Gasteiger partial charge >= 0.3 is 6.09 Å². The van der Waals surface area contributed by atoms with Gasteiger partial charge in [0, 0.05) is 12.1 Å². The van der Waals surface area contributed by atoms with Crippen LogP contribution in [0.1, 0.15) is 44.4 Å². The van der Waals surface area contributed by atoms with Crippen molar-refractivity contribution in [2.24, 2.45) is 0 Å². The fraction of sp³-hybridized carbons (Fsp3) is 0.400. The lowest BCUT2D eigenvalue weighted by Gasteiger charge is -2.37. The normalized spacial score (nSPS) is 16.5. The molecule has 0 aromatic heterocycles. The number of carbonyl (C=O) groups excluding carboxylic acids is 3. The Balaban J connectivity index is 1.73. The quantitative estimate of drug-likeness (QED) is 0.762. The zero-order valence-electron chi connectivity index (χ0n) is 19.3. The van der Waals surface area contributed by atoms with Crippen LogP contribution in [0.4, 0.5) is 10.5 Å². The molecule has 1 heterocycles. The van der Waals surface area contributed by atoms with Crippen molar-refractivity contribution in [3.05, 3.63) is 65.2 Å². The summed E-state index contributed by atoms with van der Waals surface area (Å²) >= 11 is 0. The van der Waals surface area contributed by atoms with E-state index in [2.05, 4.69) is 10.6 Å². The van der Waals surface area contributed by atoms with Gasteiger partial charge in [-0.25, -0.2) is 4.79 Å². The van der Waals surface area contributed by atoms with Crippen LogP contribution < -0.4 is 10.6 Å². The highest BCUT2D eigenvalue weighted by atomic mass is 16.6. The van der Waals surface area contributed by atoms with Crippen LogP contribution in [0.15, 0.2) is 48.5 Å². The molecule has 0 saturated carbocycles. The van der Waals surface area contributed by atoms with Gasteiger partial charge in [0.15, 0.2) is 0 Å². The number of hydrogen-bond donors (Lipinski definition) is 2.